The zero-order chi connectivity index (χ0) is 16.7. The van der Waals surface area contributed by atoms with Crippen LogP contribution in [0.5, 0.6) is 11.5 Å². The van der Waals surface area contributed by atoms with E-state index in [1.807, 2.05) is 66.5 Å². The summed E-state index contributed by atoms with van der Waals surface area (Å²) in [7, 11) is 1.89. The van der Waals surface area contributed by atoms with Crippen LogP contribution >= 0.6 is 0 Å². The summed E-state index contributed by atoms with van der Waals surface area (Å²) in [6.07, 6.45) is 3.10. The van der Waals surface area contributed by atoms with E-state index in [4.69, 9.17) is 4.74 Å². The fourth-order valence-corrected chi connectivity index (χ4v) is 2.66. The first-order valence-electron chi connectivity index (χ1n) is 8.25. The molecule has 0 saturated heterocycles. The van der Waals surface area contributed by atoms with Gasteiger partial charge in [0.25, 0.3) is 5.91 Å². The van der Waals surface area contributed by atoms with Crippen molar-refractivity contribution in [3.05, 3.63) is 60.2 Å². The molecular formula is C20H25NO2. The van der Waals surface area contributed by atoms with Crippen molar-refractivity contribution in [1.82, 2.24) is 4.90 Å². The van der Waals surface area contributed by atoms with Gasteiger partial charge in [0.15, 0.2) is 0 Å². The summed E-state index contributed by atoms with van der Waals surface area (Å²) in [5.74, 6) is 1.59. The molecule has 0 N–H and O–H groups in total. The fraction of sp³-hybridized carbons (Fsp3) is 0.350. The van der Waals surface area contributed by atoms with Crippen LogP contribution in [0.15, 0.2) is 54.6 Å². The number of rotatable bonds is 7. The van der Waals surface area contributed by atoms with Crippen molar-refractivity contribution in [1.29, 1.82) is 0 Å². The minimum absolute atomic E-state index is 0.0663. The Balaban J connectivity index is 2.05. The Morgan fingerprint density at radius 1 is 1.00 bits per heavy atom. The number of ether oxygens (including phenoxy) is 1. The molecule has 2 rings (SSSR count). The SMILES string of the molecule is CCCC(CC)N(C)C(=O)c1ccc(Oc2ccccc2)cc1. The van der Waals surface area contributed by atoms with Gasteiger partial charge in [0.05, 0.1) is 0 Å². The number of amides is 1. The lowest BCUT2D eigenvalue weighted by Crippen LogP contribution is -2.36. The molecule has 0 spiro atoms. The van der Waals surface area contributed by atoms with E-state index in [1.54, 1.807) is 0 Å². The molecule has 2 aromatic rings. The van der Waals surface area contributed by atoms with E-state index in [9.17, 15) is 4.79 Å². The maximum Gasteiger partial charge on any atom is 0.253 e. The molecule has 2 aromatic carbocycles. The summed E-state index contributed by atoms with van der Waals surface area (Å²) >= 11 is 0. The van der Waals surface area contributed by atoms with Crippen LogP contribution in [0.25, 0.3) is 0 Å². The zero-order valence-corrected chi connectivity index (χ0v) is 14.2. The first-order chi connectivity index (χ1) is 11.2. The molecular weight excluding hydrogens is 286 g/mol. The van der Waals surface area contributed by atoms with Crippen LogP contribution in [0, 0.1) is 0 Å². The van der Waals surface area contributed by atoms with Crippen molar-refractivity contribution < 1.29 is 9.53 Å². The predicted molar refractivity (Wildman–Crippen MR) is 94.0 cm³/mol. The topological polar surface area (TPSA) is 29.5 Å². The molecule has 0 aliphatic rings. The molecule has 122 valence electrons. The molecule has 3 nitrogen and oxygen atoms in total. The van der Waals surface area contributed by atoms with Crippen molar-refractivity contribution in [3.63, 3.8) is 0 Å². The van der Waals surface area contributed by atoms with Gasteiger partial charge in [-0.2, -0.15) is 0 Å². The van der Waals surface area contributed by atoms with E-state index < -0.39 is 0 Å². The molecule has 1 atom stereocenters. The first-order valence-corrected chi connectivity index (χ1v) is 8.25. The van der Waals surface area contributed by atoms with Crippen molar-refractivity contribution in [2.45, 2.75) is 39.2 Å². The molecule has 0 saturated carbocycles. The van der Waals surface area contributed by atoms with Crippen molar-refractivity contribution >= 4 is 5.91 Å². The number of carbonyl (C=O) groups excluding carboxylic acids is 1. The lowest BCUT2D eigenvalue weighted by Gasteiger charge is -2.27. The van der Waals surface area contributed by atoms with E-state index in [2.05, 4.69) is 13.8 Å². The normalized spacial score (nSPS) is 11.8. The van der Waals surface area contributed by atoms with Crippen molar-refractivity contribution in [3.8, 4) is 11.5 Å². The monoisotopic (exact) mass is 311 g/mol. The number of benzene rings is 2. The third-order valence-corrected chi connectivity index (χ3v) is 4.04. The molecule has 0 bridgehead atoms. The first kappa shape index (κ1) is 17.1. The van der Waals surface area contributed by atoms with Gasteiger partial charge in [-0.15, -0.1) is 0 Å². The molecule has 0 radical (unpaired) electrons. The average molecular weight is 311 g/mol. The minimum Gasteiger partial charge on any atom is -0.457 e. The highest BCUT2D eigenvalue weighted by Gasteiger charge is 2.18. The van der Waals surface area contributed by atoms with E-state index in [-0.39, 0.29) is 5.91 Å². The van der Waals surface area contributed by atoms with Crippen LogP contribution in [-0.2, 0) is 0 Å². The van der Waals surface area contributed by atoms with Crippen molar-refractivity contribution in [2.75, 3.05) is 7.05 Å². The fourth-order valence-electron chi connectivity index (χ4n) is 2.66. The highest BCUT2D eigenvalue weighted by Crippen LogP contribution is 2.22. The van der Waals surface area contributed by atoms with Crippen LogP contribution in [0.2, 0.25) is 0 Å². The Bertz CT molecular complexity index is 607. The van der Waals surface area contributed by atoms with Gasteiger partial charge in [0, 0.05) is 18.7 Å². The molecule has 0 heterocycles. The molecule has 0 aliphatic carbocycles. The molecule has 23 heavy (non-hydrogen) atoms. The van der Waals surface area contributed by atoms with Gasteiger partial charge >= 0.3 is 0 Å². The third-order valence-electron chi connectivity index (χ3n) is 4.04. The lowest BCUT2D eigenvalue weighted by atomic mass is 10.1. The van der Waals surface area contributed by atoms with E-state index in [1.165, 1.54) is 0 Å². The quantitative estimate of drug-likeness (QED) is 0.709. The second-order valence-electron chi connectivity index (χ2n) is 5.71. The van der Waals surface area contributed by atoms with Crippen LogP contribution in [-0.4, -0.2) is 23.9 Å². The summed E-state index contributed by atoms with van der Waals surface area (Å²) in [5, 5.41) is 0. The van der Waals surface area contributed by atoms with E-state index in [0.29, 0.717) is 11.6 Å². The van der Waals surface area contributed by atoms with Gasteiger partial charge in [-0.25, -0.2) is 0 Å². The molecule has 0 aromatic heterocycles. The Hall–Kier alpha value is -2.29. The number of nitrogens with zero attached hydrogens (tertiary/aromatic N) is 1. The van der Waals surface area contributed by atoms with Crippen LogP contribution < -0.4 is 4.74 Å². The number of para-hydroxylation sites is 1. The maximum atomic E-state index is 12.6. The average Bonchev–Trinajstić information content (AvgIpc) is 2.60. The Labute approximate surface area is 138 Å². The van der Waals surface area contributed by atoms with Crippen LogP contribution in [0.4, 0.5) is 0 Å². The standard InChI is InChI=1S/C20H25NO2/c1-4-9-17(5-2)21(3)20(22)16-12-14-19(15-13-16)23-18-10-7-6-8-11-18/h6-8,10-15,17H,4-5,9H2,1-3H3. The van der Waals surface area contributed by atoms with Crippen LogP contribution in [0.1, 0.15) is 43.5 Å². The van der Waals surface area contributed by atoms with Crippen molar-refractivity contribution in [2.24, 2.45) is 0 Å². The molecule has 0 aliphatic heterocycles. The lowest BCUT2D eigenvalue weighted by molar-refractivity contribution is 0.0719. The van der Waals surface area contributed by atoms with Gasteiger partial charge in [0.1, 0.15) is 11.5 Å². The molecule has 3 heteroatoms. The Morgan fingerprint density at radius 2 is 1.61 bits per heavy atom. The van der Waals surface area contributed by atoms with E-state index in [0.717, 1.165) is 30.8 Å². The minimum atomic E-state index is 0.0663. The number of carbonyl (C=O) groups is 1. The summed E-state index contributed by atoms with van der Waals surface area (Å²) < 4.78 is 5.76. The van der Waals surface area contributed by atoms with Crippen LogP contribution in [0.3, 0.4) is 0 Å². The van der Waals surface area contributed by atoms with Gasteiger partial charge < -0.3 is 9.64 Å². The third kappa shape index (κ3) is 4.59. The summed E-state index contributed by atoms with van der Waals surface area (Å²) in [6, 6.07) is 17.3. The molecule has 1 amide bonds. The Kier molecular flexibility index (Phi) is 6.21. The number of hydrogen-bond acceptors (Lipinski definition) is 2. The largest absolute Gasteiger partial charge is 0.457 e. The highest BCUT2D eigenvalue weighted by atomic mass is 16.5. The highest BCUT2D eigenvalue weighted by molar-refractivity contribution is 5.94. The Morgan fingerprint density at radius 3 is 2.17 bits per heavy atom. The predicted octanol–water partition coefficient (Wildman–Crippen LogP) is 5.13. The van der Waals surface area contributed by atoms with Gasteiger partial charge in [-0.1, -0.05) is 38.5 Å². The molecule has 1 unspecified atom stereocenters. The summed E-state index contributed by atoms with van der Waals surface area (Å²) in [6.45, 7) is 4.28. The number of hydrogen-bond donors (Lipinski definition) is 0. The molecule has 0 fully saturated rings. The summed E-state index contributed by atoms with van der Waals surface area (Å²) in [5.41, 5.74) is 0.697. The summed E-state index contributed by atoms with van der Waals surface area (Å²) in [4.78, 5) is 14.4. The van der Waals surface area contributed by atoms with Gasteiger partial charge in [-0.3, -0.25) is 4.79 Å². The maximum absolute atomic E-state index is 12.6. The zero-order valence-electron chi connectivity index (χ0n) is 14.2. The second kappa shape index (κ2) is 8.37. The van der Waals surface area contributed by atoms with Gasteiger partial charge in [-0.05, 0) is 49.2 Å². The second-order valence-corrected chi connectivity index (χ2v) is 5.71. The van der Waals surface area contributed by atoms with Gasteiger partial charge in [0.2, 0.25) is 0 Å². The smallest absolute Gasteiger partial charge is 0.253 e. The van der Waals surface area contributed by atoms with E-state index >= 15 is 0 Å².